The van der Waals surface area contributed by atoms with Crippen LogP contribution in [0.1, 0.15) is 26.7 Å². The summed E-state index contributed by atoms with van der Waals surface area (Å²) in [6.07, 6.45) is 0. The summed E-state index contributed by atoms with van der Waals surface area (Å²) >= 11 is 13.2. The van der Waals surface area contributed by atoms with E-state index in [0.717, 1.165) is 27.7 Å². The number of amides is 3. The first-order valence-corrected chi connectivity index (χ1v) is 14.8. The van der Waals surface area contributed by atoms with Crippen LogP contribution < -0.4 is 4.90 Å². The standard InChI is InChI=1S/C26H20Cl2N4O6S2/c1-30-25(35)32(19-10-17(27)9-18(28)11-19)24(34)26(30)14-31(13-20(26)16-5-3-15(12-29)4-6-16)40(36,37)21-7-8-39-22(21)23(33)38-2/h3-11,20H,13-14H2,1-2H3/t20-,26+/m0/s1. The van der Waals surface area contributed by atoms with Gasteiger partial charge in [-0.3, -0.25) is 4.79 Å². The highest BCUT2D eigenvalue weighted by atomic mass is 35.5. The number of nitriles is 1. The minimum atomic E-state index is -4.32. The number of halogens is 2. The molecule has 0 unspecified atom stereocenters. The van der Waals surface area contributed by atoms with Gasteiger partial charge in [0.1, 0.15) is 15.3 Å². The van der Waals surface area contributed by atoms with Crippen molar-refractivity contribution in [3.05, 3.63) is 80.0 Å². The molecule has 14 heteroatoms. The van der Waals surface area contributed by atoms with Crippen LogP contribution in [0.25, 0.3) is 0 Å². The number of methoxy groups -OCH3 is 1. The molecule has 2 saturated heterocycles. The zero-order chi connectivity index (χ0) is 29.0. The lowest BCUT2D eigenvalue weighted by Crippen LogP contribution is -2.54. The average molecular weight is 620 g/mol. The highest BCUT2D eigenvalue weighted by molar-refractivity contribution is 7.89. The molecule has 40 heavy (non-hydrogen) atoms. The van der Waals surface area contributed by atoms with Crippen LogP contribution in [0.3, 0.4) is 0 Å². The van der Waals surface area contributed by atoms with Gasteiger partial charge in [-0.25, -0.2) is 22.9 Å². The summed E-state index contributed by atoms with van der Waals surface area (Å²) in [6, 6.07) is 13.3. The lowest BCUT2D eigenvalue weighted by atomic mass is 9.80. The van der Waals surface area contributed by atoms with Gasteiger partial charge in [-0.05, 0) is 47.3 Å². The van der Waals surface area contributed by atoms with E-state index in [-0.39, 0.29) is 38.6 Å². The van der Waals surface area contributed by atoms with E-state index in [1.165, 1.54) is 41.6 Å². The lowest BCUT2D eigenvalue weighted by molar-refractivity contribution is -0.124. The number of nitrogens with zero attached hydrogens (tertiary/aromatic N) is 4. The van der Waals surface area contributed by atoms with E-state index in [0.29, 0.717) is 11.1 Å². The number of imide groups is 1. The third-order valence-corrected chi connectivity index (χ3v) is 10.5. The van der Waals surface area contributed by atoms with Gasteiger partial charge in [0.15, 0.2) is 0 Å². The molecule has 10 nitrogen and oxygen atoms in total. The van der Waals surface area contributed by atoms with Crippen LogP contribution in [0.4, 0.5) is 10.5 Å². The Balaban J connectivity index is 1.65. The number of carbonyl (C=O) groups excluding carboxylic acids is 3. The highest BCUT2D eigenvalue weighted by Gasteiger charge is 2.66. The van der Waals surface area contributed by atoms with Crippen molar-refractivity contribution >= 4 is 68.2 Å². The molecule has 2 fully saturated rings. The Kier molecular flexibility index (Phi) is 7.14. The van der Waals surface area contributed by atoms with Crippen molar-refractivity contribution in [1.29, 1.82) is 5.26 Å². The fourth-order valence-electron chi connectivity index (χ4n) is 5.23. The number of esters is 1. The van der Waals surface area contributed by atoms with Gasteiger partial charge in [0.05, 0.1) is 24.4 Å². The molecule has 1 spiro atoms. The minimum Gasteiger partial charge on any atom is -0.465 e. The van der Waals surface area contributed by atoms with E-state index in [1.54, 1.807) is 24.3 Å². The molecule has 206 valence electrons. The first kappa shape index (κ1) is 28.1. The maximum Gasteiger partial charge on any atom is 0.349 e. The molecule has 0 bridgehead atoms. The SMILES string of the molecule is COC(=O)c1sccc1S(=O)(=O)N1C[C@@H](c2ccc(C#N)cc2)[C@]2(C1)C(=O)N(c1cc(Cl)cc(Cl)c1)C(=O)N2C. The van der Waals surface area contributed by atoms with Gasteiger partial charge in [-0.1, -0.05) is 35.3 Å². The third-order valence-electron chi connectivity index (χ3n) is 7.20. The summed E-state index contributed by atoms with van der Waals surface area (Å²) in [4.78, 5) is 42.0. The van der Waals surface area contributed by atoms with Gasteiger partial charge < -0.3 is 9.64 Å². The molecule has 0 N–H and O–H groups in total. The van der Waals surface area contributed by atoms with Crippen molar-refractivity contribution in [2.45, 2.75) is 16.4 Å². The van der Waals surface area contributed by atoms with Crippen molar-refractivity contribution in [3.63, 3.8) is 0 Å². The number of rotatable bonds is 5. The van der Waals surface area contributed by atoms with Gasteiger partial charge in [-0.15, -0.1) is 11.3 Å². The van der Waals surface area contributed by atoms with E-state index in [2.05, 4.69) is 0 Å². The quantitative estimate of drug-likeness (QED) is 0.307. The molecule has 3 heterocycles. The van der Waals surface area contributed by atoms with Crippen molar-refractivity contribution < 1.29 is 27.5 Å². The van der Waals surface area contributed by atoms with Crippen LogP contribution in [0, 0.1) is 11.3 Å². The van der Waals surface area contributed by atoms with Gasteiger partial charge in [0, 0.05) is 36.1 Å². The normalized spacial score (nSPS) is 21.3. The maximum absolute atomic E-state index is 14.3. The van der Waals surface area contributed by atoms with Crippen molar-refractivity contribution in [3.8, 4) is 6.07 Å². The molecule has 2 atom stereocenters. The number of carbonyl (C=O) groups is 3. The summed E-state index contributed by atoms with van der Waals surface area (Å²) in [6.45, 7) is -0.569. The van der Waals surface area contributed by atoms with E-state index in [9.17, 15) is 28.1 Å². The molecule has 1 aromatic heterocycles. The number of thiophene rings is 1. The number of hydrogen-bond donors (Lipinski definition) is 0. The second kappa shape index (κ2) is 10.2. The molecule has 3 amide bonds. The first-order chi connectivity index (χ1) is 18.9. The predicted molar refractivity (Wildman–Crippen MR) is 148 cm³/mol. The molecule has 2 aliphatic heterocycles. The van der Waals surface area contributed by atoms with E-state index in [4.69, 9.17) is 27.9 Å². The van der Waals surface area contributed by atoms with Crippen molar-refractivity contribution in [2.75, 3.05) is 32.1 Å². The molecule has 2 aliphatic rings. The molecule has 2 aromatic carbocycles. The number of anilines is 1. The predicted octanol–water partition coefficient (Wildman–Crippen LogP) is 4.34. The summed E-state index contributed by atoms with van der Waals surface area (Å²) < 4.78 is 33.7. The van der Waals surface area contributed by atoms with Crippen molar-refractivity contribution in [2.24, 2.45) is 0 Å². The van der Waals surface area contributed by atoms with E-state index < -0.39 is 39.4 Å². The zero-order valence-corrected chi connectivity index (χ0v) is 24.1. The van der Waals surface area contributed by atoms with E-state index >= 15 is 0 Å². The number of ether oxygens (including phenoxy) is 1. The summed E-state index contributed by atoms with van der Waals surface area (Å²) in [5, 5.41) is 11.1. The Labute approximate surface area is 243 Å². The summed E-state index contributed by atoms with van der Waals surface area (Å²) in [7, 11) is -1.73. The molecular weight excluding hydrogens is 599 g/mol. The van der Waals surface area contributed by atoms with Gasteiger partial charge in [-0.2, -0.15) is 9.57 Å². The number of likely N-dealkylation sites (N-methyl/N-ethyl adjacent to an activating group) is 1. The Morgan fingerprint density at radius 2 is 1.77 bits per heavy atom. The monoisotopic (exact) mass is 618 g/mol. The summed E-state index contributed by atoms with van der Waals surface area (Å²) in [5.41, 5.74) is -0.594. The second-order valence-corrected chi connectivity index (χ2v) is 12.9. The first-order valence-electron chi connectivity index (χ1n) is 11.7. The average Bonchev–Trinajstić information content (AvgIpc) is 3.62. The van der Waals surface area contributed by atoms with Crippen LogP contribution in [-0.2, 0) is 19.6 Å². The topological polar surface area (TPSA) is 128 Å². The molecule has 0 radical (unpaired) electrons. The highest BCUT2D eigenvalue weighted by Crippen LogP contribution is 2.48. The number of sulfonamides is 1. The third kappa shape index (κ3) is 4.25. The molecule has 0 aliphatic carbocycles. The smallest absolute Gasteiger partial charge is 0.349 e. The molecule has 0 saturated carbocycles. The lowest BCUT2D eigenvalue weighted by Gasteiger charge is -2.33. The Bertz CT molecular complexity index is 1680. The summed E-state index contributed by atoms with van der Waals surface area (Å²) in [5.74, 6) is -2.29. The van der Waals surface area contributed by atoms with Crippen LogP contribution in [0.5, 0.6) is 0 Å². The van der Waals surface area contributed by atoms with Gasteiger partial charge in [0.2, 0.25) is 10.0 Å². The Morgan fingerprint density at radius 1 is 1.12 bits per heavy atom. The maximum atomic E-state index is 14.3. The van der Waals surface area contributed by atoms with Gasteiger partial charge >= 0.3 is 12.0 Å². The fourth-order valence-corrected chi connectivity index (χ4v) is 8.54. The van der Waals surface area contributed by atoms with Crippen LogP contribution >= 0.6 is 34.5 Å². The Hall–Kier alpha value is -3.47. The second-order valence-electron chi connectivity index (χ2n) is 9.22. The van der Waals surface area contributed by atoms with Crippen LogP contribution in [0.15, 0.2) is 58.8 Å². The molecule has 5 rings (SSSR count). The minimum absolute atomic E-state index is 0.101. The molecule has 3 aromatic rings. The zero-order valence-electron chi connectivity index (χ0n) is 21.0. The van der Waals surface area contributed by atoms with Crippen molar-refractivity contribution in [1.82, 2.24) is 9.21 Å². The van der Waals surface area contributed by atoms with Gasteiger partial charge in [0.25, 0.3) is 5.91 Å². The Morgan fingerprint density at radius 3 is 2.38 bits per heavy atom. The number of urea groups is 1. The van der Waals surface area contributed by atoms with Crippen LogP contribution in [0.2, 0.25) is 10.0 Å². The van der Waals surface area contributed by atoms with Crippen LogP contribution in [-0.4, -0.2) is 68.3 Å². The van der Waals surface area contributed by atoms with E-state index in [1.807, 2.05) is 6.07 Å². The molecular formula is C26H20Cl2N4O6S2. The number of benzene rings is 2. The number of hydrogen-bond acceptors (Lipinski definition) is 8. The largest absolute Gasteiger partial charge is 0.465 e. The fraction of sp³-hybridized carbons (Fsp3) is 0.231.